The second-order valence-corrected chi connectivity index (χ2v) is 4.72. The highest BCUT2D eigenvalue weighted by Gasteiger charge is 2.03. The lowest BCUT2D eigenvalue weighted by molar-refractivity contribution is 0.640. The molecule has 0 N–H and O–H groups in total. The van der Waals surface area contributed by atoms with E-state index in [9.17, 15) is 0 Å². The van der Waals surface area contributed by atoms with Gasteiger partial charge in [-0.15, -0.1) is 16.7 Å². The number of nitrogens with zero attached hydrogens (tertiary/aromatic N) is 4. The molecule has 0 saturated heterocycles. The first kappa shape index (κ1) is 12.1. The Kier molecular flexibility index (Phi) is 3.42. The van der Waals surface area contributed by atoms with Crippen LogP contribution >= 0.6 is 11.6 Å². The predicted molar refractivity (Wildman–Crippen MR) is 75.3 cm³/mol. The predicted octanol–water partition coefficient (Wildman–Crippen LogP) is 2.66. The lowest BCUT2D eigenvalue weighted by atomic mass is 10.2. The quantitative estimate of drug-likeness (QED) is 0.686. The number of para-hydroxylation sites is 1. The van der Waals surface area contributed by atoms with Gasteiger partial charge < -0.3 is 0 Å². The monoisotopic (exact) mass is 272 g/mol. The van der Waals surface area contributed by atoms with Crippen LogP contribution in [0.4, 0.5) is 0 Å². The molecule has 1 aromatic carbocycles. The smallest absolute Gasteiger partial charge is 0.0849 e. The van der Waals surface area contributed by atoms with Gasteiger partial charge >= 0.3 is 0 Å². The van der Waals surface area contributed by atoms with Crippen LogP contribution in [0.25, 0.3) is 10.9 Å². The van der Waals surface area contributed by atoms with Crippen LogP contribution in [-0.2, 0) is 13.0 Å². The lowest BCUT2D eigenvalue weighted by Crippen LogP contribution is -2.02. The molecule has 3 aromatic rings. The van der Waals surface area contributed by atoms with Crippen molar-refractivity contribution in [1.82, 2.24) is 20.0 Å². The zero-order valence-electron chi connectivity index (χ0n) is 10.3. The van der Waals surface area contributed by atoms with Gasteiger partial charge in [-0.2, -0.15) is 0 Å². The third kappa shape index (κ3) is 2.74. The molecule has 0 aliphatic rings. The molecule has 0 radical (unpaired) electrons. The summed E-state index contributed by atoms with van der Waals surface area (Å²) in [6.45, 7) is 0.625. The summed E-state index contributed by atoms with van der Waals surface area (Å²) in [6, 6.07) is 12.2. The first-order chi connectivity index (χ1) is 9.35. The summed E-state index contributed by atoms with van der Waals surface area (Å²) in [5, 5.41) is 9.29. The molecule has 0 amide bonds. The Hall–Kier alpha value is -1.94. The van der Waals surface area contributed by atoms with Crippen molar-refractivity contribution < 1.29 is 0 Å². The average molecular weight is 273 g/mol. The number of hydrogen-bond acceptors (Lipinski definition) is 3. The molecule has 0 aliphatic heterocycles. The summed E-state index contributed by atoms with van der Waals surface area (Å²) in [7, 11) is 0. The van der Waals surface area contributed by atoms with Crippen LogP contribution in [0.5, 0.6) is 0 Å². The molecule has 0 spiro atoms. The maximum absolute atomic E-state index is 5.68. The molecule has 19 heavy (non-hydrogen) atoms. The van der Waals surface area contributed by atoms with E-state index in [1.807, 2.05) is 30.5 Å². The number of rotatable bonds is 4. The first-order valence-corrected chi connectivity index (χ1v) is 6.68. The zero-order chi connectivity index (χ0) is 13.1. The Balaban J connectivity index is 1.83. The minimum absolute atomic E-state index is 0.562. The Morgan fingerprint density at radius 2 is 1.95 bits per heavy atom. The van der Waals surface area contributed by atoms with Crippen LogP contribution in [0, 0.1) is 0 Å². The van der Waals surface area contributed by atoms with E-state index in [0.29, 0.717) is 12.4 Å². The number of aryl methyl sites for hydroxylation is 1. The Labute approximate surface area is 116 Å². The van der Waals surface area contributed by atoms with E-state index >= 15 is 0 Å². The third-order valence-electron chi connectivity index (χ3n) is 2.92. The van der Waals surface area contributed by atoms with Gasteiger partial charge in [-0.25, -0.2) is 4.68 Å². The van der Waals surface area contributed by atoms with Gasteiger partial charge in [-0.1, -0.05) is 29.5 Å². The van der Waals surface area contributed by atoms with E-state index in [0.717, 1.165) is 28.7 Å². The van der Waals surface area contributed by atoms with Gasteiger partial charge in [0.25, 0.3) is 0 Å². The van der Waals surface area contributed by atoms with Gasteiger partial charge in [0.2, 0.25) is 0 Å². The summed E-state index contributed by atoms with van der Waals surface area (Å²) in [4.78, 5) is 4.61. The maximum atomic E-state index is 5.68. The van der Waals surface area contributed by atoms with Crippen molar-refractivity contribution in [3.05, 3.63) is 54.0 Å². The lowest BCUT2D eigenvalue weighted by Gasteiger charge is -2.02. The van der Waals surface area contributed by atoms with Crippen molar-refractivity contribution in [2.24, 2.45) is 0 Å². The van der Waals surface area contributed by atoms with Crippen LogP contribution in [0.2, 0.25) is 0 Å². The summed E-state index contributed by atoms with van der Waals surface area (Å²) in [6.07, 6.45) is 2.66. The second kappa shape index (κ2) is 5.36. The van der Waals surface area contributed by atoms with Gasteiger partial charge in [0.05, 0.1) is 23.4 Å². The standard InChI is InChI=1S/C14H13ClN4/c15-8-7-13-10-19(18-17-13)9-12-6-5-11-3-1-2-4-14(11)16-12/h1-6,10H,7-9H2. The Morgan fingerprint density at radius 3 is 2.84 bits per heavy atom. The highest BCUT2D eigenvalue weighted by molar-refractivity contribution is 6.17. The third-order valence-corrected chi connectivity index (χ3v) is 3.11. The van der Waals surface area contributed by atoms with Gasteiger partial charge in [0, 0.05) is 23.9 Å². The fourth-order valence-corrected chi connectivity index (χ4v) is 2.18. The fourth-order valence-electron chi connectivity index (χ4n) is 1.99. The van der Waals surface area contributed by atoms with E-state index < -0.39 is 0 Å². The molecule has 0 saturated carbocycles. The molecule has 0 atom stereocenters. The van der Waals surface area contributed by atoms with Gasteiger partial charge in [0.1, 0.15) is 0 Å². The molecular formula is C14H13ClN4. The average Bonchev–Trinajstić information content (AvgIpc) is 2.86. The van der Waals surface area contributed by atoms with E-state index in [1.54, 1.807) is 4.68 Å². The molecule has 0 unspecified atom stereocenters. The molecule has 0 fully saturated rings. The summed E-state index contributed by atoms with van der Waals surface area (Å²) in [5.74, 6) is 0.562. The first-order valence-electron chi connectivity index (χ1n) is 6.15. The van der Waals surface area contributed by atoms with Gasteiger partial charge in [-0.3, -0.25) is 4.98 Å². The summed E-state index contributed by atoms with van der Waals surface area (Å²) < 4.78 is 1.79. The number of pyridine rings is 1. The number of benzene rings is 1. The van der Waals surface area contributed by atoms with Crippen molar-refractivity contribution in [3.63, 3.8) is 0 Å². The number of aromatic nitrogens is 4. The Bertz CT molecular complexity index is 692. The largest absolute Gasteiger partial charge is 0.251 e. The van der Waals surface area contributed by atoms with Crippen molar-refractivity contribution in [2.45, 2.75) is 13.0 Å². The molecule has 2 heterocycles. The van der Waals surface area contributed by atoms with Crippen LogP contribution in [0.1, 0.15) is 11.4 Å². The van der Waals surface area contributed by atoms with Crippen LogP contribution in [0.3, 0.4) is 0 Å². The fraction of sp³-hybridized carbons (Fsp3) is 0.214. The topological polar surface area (TPSA) is 43.6 Å². The highest BCUT2D eigenvalue weighted by atomic mass is 35.5. The molecule has 0 aliphatic carbocycles. The highest BCUT2D eigenvalue weighted by Crippen LogP contribution is 2.12. The van der Waals surface area contributed by atoms with Gasteiger partial charge in [-0.05, 0) is 12.1 Å². The van der Waals surface area contributed by atoms with E-state index in [1.165, 1.54) is 0 Å². The van der Waals surface area contributed by atoms with E-state index in [4.69, 9.17) is 11.6 Å². The van der Waals surface area contributed by atoms with Crippen molar-refractivity contribution in [2.75, 3.05) is 5.88 Å². The van der Waals surface area contributed by atoms with Crippen molar-refractivity contribution in [1.29, 1.82) is 0 Å². The molecular weight excluding hydrogens is 260 g/mol. The second-order valence-electron chi connectivity index (χ2n) is 4.34. The molecule has 3 rings (SSSR count). The molecule has 0 bridgehead atoms. The Morgan fingerprint density at radius 1 is 1.05 bits per heavy atom. The molecule has 2 aromatic heterocycles. The minimum Gasteiger partial charge on any atom is -0.251 e. The zero-order valence-corrected chi connectivity index (χ0v) is 11.1. The van der Waals surface area contributed by atoms with Crippen molar-refractivity contribution in [3.8, 4) is 0 Å². The number of alkyl halides is 1. The van der Waals surface area contributed by atoms with E-state index in [-0.39, 0.29) is 0 Å². The number of fused-ring (bicyclic) bond motifs is 1. The minimum atomic E-state index is 0.562. The van der Waals surface area contributed by atoms with Crippen LogP contribution < -0.4 is 0 Å². The molecule has 96 valence electrons. The van der Waals surface area contributed by atoms with Crippen LogP contribution in [0.15, 0.2) is 42.6 Å². The normalized spacial score (nSPS) is 11.0. The molecule has 5 heteroatoms. The maximum Gasteiger partial charge on any atom is 0.0849 e. The summed E-state index contributed by atoms with van der Waals surface area (Å²) >= 11 is 5.68. The van der Waals surface area contributed by atoms with Crippen molar-refractivity contribution >= 4 is 22.5 Å². The SMILES string of the molecule is ClCCc1cn(Cc2ccc3ccccc3n2)nn1. The van der Waals surface area contributed by atoms with Gasteiger partial charge in [0.15, 0.2) is 0 Å². The van der Waals surface area contributed by atoms with E-state index in [2.05, 4.69) is 27.4 Å². The van der Waals surface area contributed by atoms with Crippen LogP contribution in [-0.4, -0.2) is 25.9 Å². The number of hydrogen-bond donors (Lipinski definition) is 0. The summed E-state index contributed by atoms with van der Waals surface area (Å²) in [5.41, 5.74) is 2.89. The number of halogens is 1. The molecule has 4 nitrogen and oxygen atoms in total.